The first-order chi connectivity index (χ1) is 10.7. The molecule has 6 heteroatoms. The first-order valence-corrected chi connectivity index (χ1v) is 7.55. The number of benzene rings is 1. The summed E-state index contributed by atoms with van der Waals surface area (Å²) in [4.78, 5) is 21.1. The number of hydrogen-bond acceptors (Lipinski definition) is 4. The molecule has 0 heterocycles. The van der Waals surface area contributed by atoms with E-state index in [1.54, 1.807) is 0 Å². The summed E-state index contributed by atoms with van der Waals surface area (Å²) in [6, 6.07) is 8.36. The van der Waals surface area contributed by atoms with E-state index in [-0.39, 0.29) is 6.42 Å². The summed E-state index contributed by atoms with van der Waals surface area (Å²) in [5.74, 6) is -3.45. The number of unbranched alkanes of at least 4 members (excludes halogenated alkanes) is 2. The van der Waals surface area contributed by atoms with Gasteiger partial charge in [-0.3, -0.25) is 0 Å². The molecule has 2 atom stereocenters. The van der Waals surface area contributed by atoms with Gasteiger partial charge in [-0.05, 0) is 37.8 Å². The Morgan fingerprint density at radius 3 is 1.87 bits per heavy atom. The van der Waals surface area contributed by atoms with Crippen LogP contribution in [0.3, 0.4) is 0 Å². The fourth-order valence-electron chi connectivity index (χ4n) is 1.87. The highest BCUT2D eigenvalue weighted by molar-refractivity contribution is 5.87. The number of carboxylic acids is 2. The molecule has 130 valence electrons. The largest absolute Gasteiger partial charge is 0.479 e. The second-order valence-corrected chi connectivity index (χ2v) is 5.51. The van der Waals surface area contributed by atoms with Gasteiger partial charge in [0.2, 0.25) is 0 Å². The van der Waals surface area contributed by atoms with Crippen LogP contribution in [-0.4, -0.2) is 44.1 Å². The van der Waals surface area contributed by atoms with Crippen molar-refractivity contribution >= 4 is 11.9 Å². The van der Waals surface area contributed by atoms with Crippen molar-refractivity contribution in [3.8, 4) is 0 Å². The lowest BCUT2D eigenvalue weighted by molar-refractivity contribution is -0.184. The monoisotopic (exact) mass is 326 g/mol. The molecule has 1 aromatic carbocycles. The first kappa shape index (κ1) is 21.1. The molecule has 0 aliphatic heterocycles. The van der Waals surface area contributed by atoms with Gasteiger partial charge in [-0.2, -0.15) is 0 Å². The second-order valence-electron chi connectivity index (χ2n) is 5.51. The Labute approximate surface area is 136 Å². The summed E-state index contributed by atoms with van der Waals surface area (Å²) in [6.07, 6.45) is -0.750. The van der Waals surface area contributed by atoms with E-state index in [4.69, 9.17) is 15.3 Å². The molecule has 0 saturated heterocycles. The van der Waals surface area contributed by atoms with E-state index in [0.29, 0.717) is 12.8 Å². The van der Waals surface area contributed by atoms with Gasteiger partial charge in [-0.25, -0.2) is 9.59 Å². The minimum atomic E-state index is -2.60. The van der Waals surface area contributed by atoms with Crippen molar-refractivity contribution in [2.24, 2.45) is 0 Å². The Balaban J connectivity index is 0.000000502. The van der Waals surface area contributed by atoms with Gasteiger partial charge in [0.15, 0.2) is 11.7 Å². The molecular formula is C17H26O6. The highest BCUT2D eigenvalue weighted by Crippen LogP contribution is 2.20. The van der Waals surface area contributed by atoms with Crippen LogP contribution in [0.25, 0.3) is 0 Å². The predicted molar refractivity (Wildman–Crippen MR) is 86.3 cm³/mol. The number of hydrogen-bond donors (Lipinski definition) is 4. The van der Waals surface area contributed by atoms with Crippen LogP contribution in [0.4, 0.5) is 0 Å². The van der Waals surface area contributed by atoms with Crippen LogP contribution in [0.5, 0.6) is 0 Å². The molecule has 0 saturated carbocycles. The van der Waals surface area contributed by atoms with Crippen molar-refractivity contribution in [1.82, 2.24) is 0 Å². The molecule has 0 aliphatic carbocycles. The fraction of sp³-hybridized carbons (Fsp3) is 0.529. The lowest BCUT2D eigenvalue weighted by atomic mass is 9.90. The summed E-state index contributed by atoms with van der Waals surface area (Å²) in [7, 11) is 0. The van der Waals surface area contributed by atoms with Crippen molar-refractivity contribution in [3.05, 3.63) is 35.4 Å². The number of aryl methyl sites for hydroxylation is 2. The summed E-state index contributed by atoms with van der Waals surface area (Å²) in [5.41, 5.74) is 0.140. The fourth-order valence-corrected chi connectivity index (χ4v) is 1.87. The van der Waals surface area contributed by atoms with Crippen LogP contribution in [0.1, 0.15) is 43.7 Å². The van der Waals surface area contributed by atoms with Gasteiger partial charge in [-0.15, -0.1) is 0 Å². The Morgan fingerprint density at radius 1 is 1.09 bits per heavy atom. The van der Waals surface area contributed by atoms with Gasteiger partial charge < -0.3 is 20.4 Å². The SMILES string of the molecule is CCCCCC(O)(C(=O)O)C(O)C(=O)O.Cc1ccccc1C. The number of carbonyl (C=O) groups is 2. The second kappa shape index (κ2) is 9.97. The van der Waals surface area contributed by atoms with Crippen molar-refractivity contribution in [1.29, 1.82) is 0 Å². The number of aliphatic hydroxyl groups excluding tert-OH is 1. The van der Waals surface area contributed by atoms with Gasteiger partial charge in [0, 0.05) is 0 Å². The summed E-state index contributed by atoms with van der Waals surface area (Å²) in [5, 5.41) is 35.7. The summed E-state index contributed by atoms with van der Waals surface area (Å²) >= 11 is 0. The lowest BCUT2D eigenvalue weighted by Crippen LogP contribution is -2.53. The van der Waals surface area contributed by atoms with E-state index in [1.165, 1.54) is 11.1 Å². The third kappa shape index (κ3) is 6.80. The molecule has 0 spiro atoms. The van der Waals surface area contributed by atoms with E-state index >= 15 is 0 Å². The Bertz CT molecular complexity index is 493. The van der Waals surface area contributed by atoms with Gasteiger partial charge in [0.05, 0.1) is 0 Å². The molecule has 23 heavy (non-hydrogen) atoms. The third-order valence-electron chi connectivity index (χ3n) is 3.64. The zero-order valence-electron chi connectivity index (χ0n) is 13.8. The van der Waals surface area contributed by atoms with Gasteiger partial charge in [0.25, 0.3) is 0 Å². The standard InChI is InChI=1S/C9H16O6.C8H10/c1-2-3-4-5-9(15,8(13)14)6(10)7(11)12;1-7-5-3-4-6-8(7)2/h6,10,15H,2-5H2,1H3,(H,11,12)(H,13,14);3-6H,1-2H3. The van der Waals surface area contributed by atoms with Crippen LogP contribution < -0.4 is 0 Å². The van der Waals surface area contributed by atoms with Crippen LogP contribution >= 0.6 is 0 Å². The van der Waals surface area contributed by atoms with Crippen LogP contribution in [-0.2, 0) is 9.59 Å². The van der Waals surface area contributed by atoms with Crippen molar-refractivity contribution in [3.63, 3.8) is 0 Å². The lowest BCUT2D eigenvalue weighted by Gasteiger charge is -2.25. The Morgan fingerprint density at radius 2 is 1.57 bits per heavy atom. The number of carboxylic acid groups (broad SMARTS) is 2. The maximum absolute atomic E-state index is 10.7. The van der Waals surface area contributed by atoms with E-state index < -0.39 is 23.6 Å². The molecule has 2 unspecified atom stereocenters. The number of rotatable bonds is 7. The van der Waals surface area contributed by atoms with Gasteiger partial charge >= 0.3 is 11.9 Å². The van der Waals surface area contributed by atoms with Crippen molar-refractivity contribution in [2.75, 3.05) is 0 Å². The van der Waals surface area contributed by atoms with E-state index in [9.17, 15) is 14.7 Å². The third-order valence-corrected chi connectivity index (χ3v) is 3.64. The molecule has 0 bridgehead atoms. The van der Waals surface area contributed by atoms with E-state index in [0.717, 1.165) is 6.42 Å². The quantitative estimate of drug-likeness (QED) is 0.571. The Kier molecular flexibility index (Phi) is 9.14. The molecule has 1 rings (SSSR count). The molecule has 6 nitrogen and oxygen atoms in total. The minimum Gasteiger partial charge on any atom is -0.479 e. The van der Waals surface area contributed by atoms with E-state index in [2.05, 4.69) is 38.1 Å². The highest BCUT2D eigenvalue weighted by Gasteiger charge is 2.47. The number of aliphatic carboxylic acids is 2. The molecule has 0 aromatic heterocycles. The van der Waals surface area contributed by atoms with Crippen LogP contribution in [0.2, 0.25) is 0 Å². The minimum absolute atomic E-state index is 0.274. The highest BCUT2D eigenvalue weighted by atomic mass is 16.4. The normalized spacial score (nSPS) is 14.1. The smallest absolute Gasteiger partial charge is 0.339 e. The zero-order chi connectivity index (χ0) is 18.0. The Hall–Kier alpha value is -1.92. The van der Waals surface area contributed by atoms with Gasteiger partial charge in [0.1, 0.15) is 0 Å². The molecule has 4 N–H and O–H groups in total. The molecular weight excluding hydrogens is 300 g/mol. The van der Waals surface area contributed by atoms with Crippen molar-refractivity contribution < 1.29 is 30.0 Å². The maximum atomic E-state index is 10.7. The van der Waals surface area contributed by atoms with Crippen molar-refractivity contribution in [2.45, 2.75) is 58.2 Å². The molecule has 0 radical (unpaired) electrons. The summed E-state index contributed by atoms with van der Waals surface area (Å²) < 4.78 is 0. The molecule has 0 aliphatic rings. The zero-order valence-corrected chi connectivity index (χ0v) is 13.8. The van der Waals surface area contributed by atoms with E-state index in [1.807, 2.05) is 6.92 Å². The topological polar surface area (TPSA) is 115 Å². The average molecular weight is 326 g/mol. The van der Waals surface area contributed by atoms with Gasteiger partial charge in [-0.1, -0.05) is 44.0 Å². The predicted octanol–water partition coefficient (Wildman–Crippen LogP) is 2.13. The average Bonchev–Trinajstić information content (AvgIpc) is 2.50. The molecule has 0 amide bonds. The maximum Gasteiger partial charge on any atom is 0.339 e. The molecule has 1 aromatic rings. The first-order valence-electron chi connectivity index (χ1n) is 7.55. The van der Waals surface area contributed by atoms with Crippen LogP contribution in [0, 0.1) is 13.8 Å². The molecule has 0 fully saturated rings. The van der Waals surface area contributed by atoms with Crippen LogP contribution in [0.15, 0.2) is 24.3 Å². The summed E-state index contributed by atoms with van der Waals surface area (Å²) in [6.45, 7) is 6.12. The number of aliphatic hydroxyl groups is 2.